The Labute approximate surface area is 129 Å². The van der Waals surface area contributed by atoms with E-state index in [1.54, 1.807) is 6.07 Å². The quantitative estimate of drug-likeness (QED) is 0.616. The molecule has 2 heterocycles. The van der Waals surface area contributed by atoms with E-state index in [-0.39, 0.29) is 11.7 Å². The van der Waals surface area contributed by atoms with E-state index < -0.39 is 0 Å². The van der Waals surface area contributed by atoms with Crippen LogP contribution in [0.25, 0.3) is 0 Å². The smallest absolute Gasteiger partial charge is 0.138 e. The van der Waals surface area contributed by atoms with Crippen molar-refractivity contribution >= 4 is 27.5 Å². The average Bonchev–Trinajstić information content (AvgIpc) is 3.09. The second-order valence-corrected chi connectivity index (χ2v) is 5.73. The first kappa shape index (κ1) is 13.5. The molecule has 2 N–H and O–H groups in total. The molecule has 1 aromatic carbocycles. The molecule has 5 heteroatoms. The van der Waals surface area contributed by atoms with E-state index in [1.807, 2.05) is 36.7 Å². The van der Waals surface area contributed by atoms with Gasteiger partial charge in [0.2, 0.25) is 0 Å². The normalized spacial score (nSPS) is 11.2. The molecular formula is C15H11BrClFN2. The molecule has 2 aromatic heterocycles. The highest BCUT2D eigenvalue weighted by molar-refractivity contribution is 9.10. The second kappa shape index (κ2) is 5.46. The lowest BCUT2D eigenvalue weighted by Gasteiger charge is -2.17. The first-order valence-corrected chi connectivity index (χ1v) is 7.25. The third-order valence-electron chi connectivity index (χ3n) is 3.22. The van der Waals surface area contributed by atoms with E-state index in [2.05, 4.69) is 25.9 Å². The molecule has 0 bridgehead atoms. The fourth-order valence-corrected chi connectivity index (χ4v) is 2.93. The summed E-state index contributed by atoms with van der Waals surface area (Å²) in [6.07, 6.45) is 3.72. The van der Waals surface area contributed by atoms with Crippen molar-refractivity contribution in [3.8, 4) is 0 Å². The Morgan fingerprint density at radius 2 is 1.65 bits per heavy atom. The first-order chi connectivity index (χ1) is 9.66. The van der Waals surface area contributed by atoms with Gasteiger partial charge < -0.3 is 9.97 Å². The number of benzene rings is 1. The number of rotatable bonds is 3. The SMILES string of the molecule is Fc1cc(Cl)c(C(c2ccc[nH]2)c2ccc[nH]2)cc1Br. The number of H-pyrrole nitrogens is 2. The minimum atomic E-state index is -0.365. The summed E-state index contributed by atoms with van der Waals surface area (Å²) in [7, 11) is 0. The minimum absolute atomic E-state index is 0.0931. The Morgan fingerprint density at radius 1 is 1.05 bits per heavy atom. The van der Waals surface area contributed by atoms with Crippen LogP contribution in [-0.4, -0.2) is 9.97 Å². The van der Waals surface area contributed by atoms with Crippen molar-refractivity contribution in [1.82, 2.24) is 9.97 Å². The molecule has 0 saturated carbocycles. The fraction of sp³-hybridized carbons (Fsp3) is 0.0667. The van der Waals surface area contributed by atoms with Gasteiger partial charge in [-0.3, -0.25) is 0 Å². The summed E-state index contributed by atoms with van der Waals surface area (Å²) >= 11 is 9.46. The Bertz CT molecular complexity index is 674. The van der Waals surface area contributed by atoms with Crippen LogP contribution >= 0.6 is 27.5 Å². The largest absolute Gasteiger partial charge is 0.364 e. The van der Waals surface area contributed by atoms with Crippen LogP contribution in [0, 0.1) is 5.82 Å². The van der Waals surface area contributed by atoms with Crippen molar-refractivity contribution in [2.24, 2.45) is 0 Å². The standard InChI is InChI=1S/C15H11BrClFN2/c16-10-7-9(11(17)8-12(10)18)15(13-3-1-5-19-13)14-4-2-6-20-14/h1-8,15,19-20H. The molecule has 0 aliphatic heterocycles. The van der Waals surface area contributed by atoms with Crippen LogP contribution in [0.15, 0.2) is 53.3 Å². The lowest BCUT2D eigenvalue weighted by atomic mass is 9.92. The van der Waals surface area contributed by atoms with Crippen molar-refractivity contribution in [1.29, 1.82) is 0 Å². The van der Waals surface area contributed by atoms with E-state index in [0.29, 0.717) is 9.50 Å². The van der Waals surface area contributed by atoms with Crippen LogP contribution in [0.4, 0.5) is 4.39 Å². The maximum atomic E-state index is 13.6. The van der Waals surface area contributed by atoms with Gasteiger partial charge >= 0.3 is 0 Å². The van der Waals surface area contributed by atoms with Crippen LogP contribution in [-0.2, 0) is 0 Å². The summed E-state index contributed by atoms with van der Waals surface area (Å²) in [6, 6.07) is 10.9. The van der Waals surface area contributed by atoms with Crippen LogP contribution in [0.1, 0.15) is 22.9 Å². The van der Waals surface area contributed by atoms with E-state index in [4.69, 9.17) is 11.6 Å². The number of hydrogen-bond acceptors (Lipinski definition) is 0. The van der Waals surface area contributed by atoms with Crippen molar-refractivity contribution in [2.75, 3.05) is 0 Å². The molecular weight excluding hydrogens is 343 g/mol. The second-order valence-electron chi connectivity index (χ2n) is 4.47. The van der Waals surface area contributed by atoms with Gasteiger partial charge in [0, 0.05) is 28.8 Å². The lowest BCUT2D eigenvalue weighted by Crippen LogP contribution is -2.05. The molecule has 0 aliphatic carbocycles. The maximum absolute atomic E-state index is 13.6. The molecule has 0 radical (unpaired) electrons. The van der Waals surface area contributed by atoms with Gasteiger partial charge in [-0.05, 0) is 57.9 Å². The van der Waals surface area contributed by atoms with Crippen molar-refractivity contribution < 1.29 is 4.39 Å². The molecule has 0 amide bonds. The summed E-state index contributed by atoms with van der Waals surface area (Å²) in [5, 5.41) is 0.403. The van der Waals surface area contributed by atoms with Gasteiger partial charge in [0.1, 0.15) is 5.82 Å². The topological polar surface area (TPSA) is 31.6 Å². The number of nitrogens with one attached hydrogen (secondary N) is 2. The van der Waals surface area contributed by atoms with Crippen molar-refractivity contribution in [3.63, 3.8) is 0 Å². The Morgan fingerprint density at radius 3 is 2.15 bits per heavy atom. The Hall–Kier alpha value is -1.52. The predicted molar refractivity (Wildman–Crippen MR) is 81.6 cm³/mol. The molecule has 2 nitrogen and oxygen atoms in total. The van der Waals surface area contributed by atoms with Gasteiger partial charge in [-0.25, -0.2) is 4.39 Å². The molecule has 0 spiro atoms. The molecule has 0 atom stereocenters. The lowest BCUT2D eigenvalue weighted by molar-refractivity contribution is 0.620. The Balaban J connectivity index is 2.18. The van der Waals surface area contributed by atoms with Crippen LogP contribution in [0.5, 0.6) is 0 Å². The van der Waals surface area contributed by atoms with Gasteiger partial charge in [0.05, 0.1) is 10.4 Å². The molecule has 0 unspecified atom stereocenters. The average molecular weight is 354 g/mol. The highest BCUT2D eigenvalue weighted by atomic mass is 79.9. The highest BCUT2D eigenvalue weighted by Gasteiger charge is 2.22. The highest BCUT2D eigenvalue weighted by Crippen LogP contribution is 2.36. The number of halogens is 3. The van der Waals surface area contributed by atoms with Crippen molar-refractivity contribution in [2.45, 2.75) is 5.92 Å². The zero-order valence-corrected chi connectivity index (χ0v) is 12.7. The monoisotopic (exact) mass is 352 g/mol. The van der Waals surface area contributed by atoms with Crippen LogP contribution in [0.2, 0.25) is 5.02 Å². The van der Waals surface area contributed by atoms with E-state index in [0.717, 1.165) is 17.0 Å². The maximum Gasteiger partial charge on any atom is 0.138 e. The molecule has 0 fully saturated rings. The summed E-state index contributed by atoms with van der Waals surface area (Å²) in [6.45, 7) is 0. The van der Waals surface area contributed by atoms with Gasteiger partial charge in [-0.15, -0.1) is 0 Å². The Kier molecular flexibility index (Phi) is 3.68. The molecule has 3 aromatic rings. The summed E-state index contributed by atoms with van der Waals surface area (Å²) in [5.41, 5.74) is 2.82. The zero-order valence-electron chi connectivity index (χ0n) is 10.3. The molecule has 20 heavy (non-hydrogen) atoms. The van der Waals surface area contributed by atoms with Gasteiger partial charge in [-0.1, -0.05) is 11.6 Å². The third-order valence-corrected chi connectivity index (χ3v) is 4.15. The third kappa shape index (κ3) is 2.41. The summed E-state index contributed by atoms with van der Waals surface area (Å²) in [5.74, 6) is -0.458. The minimum Gasteiger partial charge on any atom is -0.364 e. The van der Waals surface area contributed by atoms with E-state index in [9.17, 15) is 4.39 Å². The van der Waals surface area contributed by atoms with E-state index >= 15 is 0 Å². The first-order valence-electron chi connectivity index (χ1n) is 6.08. The number of hydrogen-bond donors (Lipinski definition) is 2. The van der Waals surface area contributed by atoms with Gasteiger partial charge in [0.25, 0.3) is 0 Å². The molecule has 102 valence electrons. The molecule has 0 saturated heterocycles. The van der Waals surface area contributed by atoms with Gasteiger partial charge in [-0.2, -0.15) is 0 Å². The summed E-state index contributed by atoms with van der Waals surface area (Å²) < 4.78 is 14.0. The predicted octanol–water partition coefficient (Wildman–Crippen LogP) is 5.08. The zero-order chi connectivity index (χ0) is 14.1. The van der Waals surface area contributed by atoms with E-state index in [1.165, 1.54) is 6.07 Å². The molecule has 3 rings (SSSR count). The number of aromatic nitrogens is 2. The van der Waals surface area contributed by atoms with Crippen molar-refractivity contribution in [3.05, 3.63) is 81.1 Å². The fourth-order valence-electron chi connectivity index (χ4n) is 2.31. The number of aromatic amines is 2. The van der Waals surface area contributed by atoms with Gasteiger partial charge in [0.15, 0.2) is 0 Å². The van der Waals surface area contributed by atoms with Crippen LogP contribution < -0.4 is 0 Å². The van der Waals surface area contributed by atoms with Crippen LogP contribution in [0.3, 0.4) is 0 Å². The summed E-state index contributed by atoms with van der Waals surface area (Å²) in [4.78, 5) is 6.40. The molecule has 0 aliphatic rings.